The van der Waals surface area contributed by atoms with Gasteiger partial charge in [-0.05, 0) is 37.8 Å². The van der Waals surface area contributed by atoms with Crippen molar-refractivity contribution in [2.24, 2.45) is 0 Å². The zero-order valence-corrected chi connectivity index (χ0v) is 18.3. The molecule has 1 aliphatic rings. The average molecular weight is 429 g/mol. The lowest BCUT2D eigenvalue weighted by atomic mass is 10.1. The van der Waals surface area contributed by atoms with Crippen molar-refractivity contribution in [3.8, 4) is 0 Å². The molecule has 3 rings (SSSR count). The van der Waals surface area contributed by atoms with Gasteiger partial charge in [0, 0.05) is 23.5 Å². The van der Waals surface area contributed by atoms with Crippen molar-refractivity contribution in [3.63, 3.8) is 0 Å². The molecule has 1 aromatic heterocycles. The fraction of sp³-hybridized carbons (Fsp3) is 0.455. The maximum Gasteiger partial charge on any atom is 0.254 e. The van der Waals surface area contributed by atoms with Crippen molar-refractivity contribution in [2.45, 2.75) is 52.0 Å². The average Bonchev–Trinajstić information content (AvgIpc) is 3.47. The monoisotopic (exact) mass is 428 g/mol. The highest BCUT2D eigenvalue weighted by Crippen LogP contribution is 2.29. The number of thiazole rings is 1. The minimum absolute atomic E-state index is 0.00967. The molecule has 160 valence electrons. The molecule has 0 radical (unpaired) electrons. The number of nitrogens with one attached hydrogen (secondary N) is 2. The molecule has 2 aromatic rings. The van der Waals surface area contributed by atoms with Gasteiger partial charge in [-0.25, -0.2) is 4.98 Å². The second kappa shape index (κ2) is 10.3. The highest BCUT2D eigenvalue weighted by molar-refractivity contribution is 7.13. The molecular weight excluding hydrogens is 400 g/mol. The predicted molar refractivity (Wildman–Crippen MR) is 118 cm³/mol. The van der Waals surface area contributed by atoms with Gasteiger partial charge < -0.3 is 15.5 Å². The molecule has 2 N–H and O–H groups in total. The van der Waals surface area contributed by atoms with Crippen LogP contribution >= 0.6 is 11.3 Å². The molecule has 0 saturated heterocycles. The van der Waals surface area contributed by atoms with Gasteiger partial charge in [0.1, 0.15) is 6.54 Å². The summed E-state index contributed by atoms with van der Waals surface area (Å²) in [4.78, 5) is 43.4. The fourth-order valence-electron chi connectivity index (χ4n) is 3.11. The van der Waals surface area contributed by atoms with Crippen molar-refractivity contribution in [1.29, 1.82) is 0 Å². The standard InChI is InChI=1S/C22H28N4O3S/c1-3-4-11-23-19(27)12-16-14-30-22(24-16)25-20(28)13-26(17-9-10-17)21(29)18-8-6-5-7-15(18)2/h5-8,14,17H,3-4,9-13H2,1-2H3,(H,23,27)(H,24,25,28). The predicted octanol–water partition coefficient (Wildman–Crippen LogP) is 3.15. The van der Waals surface area contributed by atoms with E-state index in [-0.39, 0.29) is 36.7 Å². The van der Waals surface area contributed by atoms with Gasteiger partial charge in [-0.2, -0.15) is 0 Å². The Morgan fingerprint density at radius 1 is 1.20 bits per heavy atom. The molecule has 0 unspecified atom stereocenters. The van der Waals surface area contributed by atoms with E-state index in [1.165, 1.54) is 11.3 Å². The number of benzene rings is 1. The molecule has 7 nitrogen and oxygen atoms in total. The number of unbranched alkanes of at least 4 members (excludes halogenated alkanes) is 1. The second-order valence-corrected chi connectivity index (χ2v) is 8.41. The summed E-state index contributed by atoms with van der Waals surface area (Å²) in [6.07, 6.45) is 4.00. The van der Waals surface area contributed by atoms with E-state index in [0.29, 0.717) is 22.9 Å². The Labute approximate surface area is 180 Å². The normalized spacial score (nSPS) is 13.0. The summed E-state index contributed by atoms with van der Waals surface area (Å²) in [6, 6.07) is 7.53. The third-order valence-corrected chi connectivity index (χ3v) is 5.74. The van der Waals surface area contributed by atoms with E-state index in [1.54, 1.807) is 16.3 Å². The van der Waals surface area contributed by atoms with Crippen LogP contribution in [0.2, 0.25) is 0 Å². The van der Waals surface area contributed by atoms with Gasteiger partial charge in [0.15, 0.2) is 5.13 Å². The maximum absolute atomic E-state index is 13.0. The summed E-state index contributed by atoms with van der Waals surface area (Å²) < 4.78 is 0. The Morgan fingerprint density at radius 2 is 1.97 bits per heavy atom. The molecule has 1 saturated carbocycles. The van der Waals surface area contributed by atoms with Gasteiger partial charge in [0.25, 0.3) is 5.91 Å². The first kappa shape index (κ1) is 22.0. The van der Waals surface area contributed by atoms with E-state index in [4.69, 9.17) is 0 Å². The highest BCUT2D eigenvalue weighted by Gasteiger charge is 2.34. The van der Waals surface area contributed by atoms with Crippen LogP contribution in [0.25, 0.3) is 0 Å². The Morgan fingerprint density at radius 3 is 2.67 bits per heavy atom. The van der Waals surface area contributed by atoms with Crippen LogP contribution in [0.1, 0.15) is 54.2 Å². The van der Waals surface area contributed by atoms with Crippen LogP contribution in [0.4, 0.5) is 5.13 Å². The summed E-state index contributed by atoms with van der Waals surface area (Å²) in [5, 5.41) is 7.83. The molecule has 30 heavy (non-hydrogen) atoms. The molecule has 0 aliphatic heterocycles. The zero-order chi connectivity index (χ0) is 21.5. The first-order valence-electron chi connectivity index (χ1n) is 10.4. The third kappa shape index (κ3) is 6.13. The maximum atomic E-state index is 13.0. The first-order chi connectivity index (χ1) is 14.5. The van der Waals surface area contributed by atoms with Crippen LogP contribution < -0.4 is 10.6 Å². The van der Waals surface area contributed by atoms with E-state index in [9.17, 15) is 14.4 Å². The molecule has 3 amide bonds. The Kier molecular flexibility index (Phi) is 7.57. The smallest absolute Gasteiger partial charge is 0.254 e. The SMILES string of the molecule is CCCCNC(=O)Cc1csc(NC(=O)CN(C(=O)c2ccccc2C)C2CC2)n1. The Bertz CT molecular complexity index is 907. The number of carbonyl (C=O) groups is 3. The second-order valence-electron chi connectivity index (χ2n) is 7.55. The van der Waals surface area contributed by atoms with Crippen molar-refractivity contribution >= 4 is 34.2 Å². The molecule has 0 bridgehead atoms. The van der Waals surface area contributed by atoms with Gasteiger partial charge in [0.2, 0.25) is 11.8 Å². The largest absolute Gasteiger partial charge is 0.356 e. The number of rotatable bonds is 10. The molecule has 1 aliphatic carbocycles. The van der Waals surface area contributed by atoms with Gasteiger partial charge >= 0.3 is 0 Å². The van der Waals surface area contributed by atoms with Crippen LogP contribution in [0.15, 0.2) is 29.6 Å². The lowest BCUT2D eigenvalue weighted by Crippen LogP contribution is -2.39. The lowest BCUT2D eigenvalue weighted by Gasteiger charge is -2.22. The number of amides is 3. The number of aryl methyl sites for hydroxylation is 1. The van der Waals surface area contributed by atoms with Gasteiger partial charge in [-0.15, -0.1) is 11.3 Å². The van der Waals surface area contributed by atoms with Crippen LogP contribution in [-0.4, -0.2) is 46.7 Å². The molecule has 0 spiro atoms. The summed E-state index contributed by atoms with van der Waals surface area (Å²) in [7, 11) is 0. The molecule has 1 fully saturated rings. The molecule has 1 aromatic carbocycles. The van der Waals surface area contributed by atoms with Crippen LogP contribution in [-0.2, 0) is 16.0 Å². The Balaban J connectivity index is 1.55. The number of nitrogens with zero attached hydrogens (tertiary/aromatic N) is 2. The van der Waals surface area contributed by atoms with E-state index in [2.05, 4.69) is 22.5 Å². The number of anilines is 1. The van der Waals surface area contributed by atoms with Crippen LogP contribution in [0.5, 0.6) is 0 Å². The van der Waals surface area contributed by atoms with Gasteiger partial charge in [-0.1, -0.05) is 31.5 Å². The highest BCUT2D eigenvalue weighted by atomic mass is 32.1. The molecular formula is C22H28N4O3S. The number of hydrogen-bond donors (Lipinski definition) is 2. The summed E-state index contributed by atoms with van der Waals surface area (Å²) >= 11 is 1.28. The van der Waals surface area contributed by atoms with Gasteiger partial charge in [0.05, 0.1) is 12.1 Å². The fourth-order valence-corrected chi connectivity index (χ4v) is 3.84. The van der Waals surface area contributed by atoms with Crippen molar-refractivity contribution in [1.82, 2.24) is 15.2 Å². The van der Waals surface area contributed by atoms with E-state index < -0.39 is 0 Å². The van der Waals surface area contributed by atoms with E-state index >= 15 is 0 Å². The molecule has 0 atom stereocenters. The zero-order valence-electron chi connectivity index (χ0n) is 17.4. The minimum atomic E-state index is -0.280. The van der Waals surface area contributed by atoms with Crippen molar-refractivity contribution < 1.29 is 14.4 Å². The van der Waals surface area contributed by atoms with Crippen LogP contribution in [0, 0.1) is 6.92 Å². The third-order valence-electron chi connectivity index (χ3n) is 4.93. The minimum Gasteiger partial charge on any atom is -0.356 e. The molecule has 1 heterocycles. The number of carbonyl (C=O) groups excluding carboxylic acids is 3. The summed E-state index contributed by atoms with van der Waals surface area (Å²) in [5.41, 5.74) is 2.15. The topological polar surface area (TPSA) is 91.4 Å². The van der Waals surface area contributed by atoms with Crippen molar-refractivity contribution in [3.05, 3.63) is 46.5 Å². The quantitative estimate of drug-likeness (QED) is 0.569. The van der Waals surface area contributed by atoms with Crippen LogP contribution in [0.3, 0.4) is 0 Å². The lowest BCUT2D eigenvalue weighted by molar-refractivity contribution is -0.120. The first-order valence-corrected chi connectivity index (χ1v) is 11.2. The number of hydrogen-bond acceptors (Lipinski definition) is 5. The summed E-state index contributed by atoms with van der Waals surface area (Å²) in [5.74, 6) is -0.471. The van der Waals surface area contributed by atoms with Crippen molar-refractivity contribution in [2.75, 3.05) is 18.4 Å². The number of aromatic nitrogens is 1. The van der Waals surface area contributed by atoms with E-state index in [1.807, 2.05) is 25.1 Å². The van der Waals surface area contributed by atoms with E-state index in [0.717, 1.165) is 31.2 Å². The molecule has 8 heteroatoms. The van der Waals surface area contributed by atoms with Gasteiger partial charge in [-0.3, -0.25) is 14.4 Å². The Hall–Kier alpha value is -2.74. The summed E-state index contributed by atoms with van der Waals surface area (Å²) in [6.45, 7) is 4.62.